The average Bonchev–Trinajstić information content (AvgIpc) is 3.01. The van der Waals surface area contributed by atoms with Gasteiger partial charge in [-0.25, -0.2) is 0 Å². The third-order valence-corrected chi connectivity index (χ3v) is 4.73. The van der Waals surface area contributed by atoms with Gasteiger partial charge in [-0.15, -0.1) is 0 Å². The van der Waals surface area contributed by atoms with Crippen LogP contribution in [-0.4, -0.2) is 10.2 Å². The largest absolute Gasteiger partial charge is 0.300 e. The number of alkyl halides is 1. The van der Waals surface area contributed by atoms with Gasteiger partial charge in [0.2, 0.25) is 0 Å². The highest BCUT2D eigenvalue weighted by atomic mass is 127. The maximum atomic E-state index is 9.81. The summed E-state index contributed by atoms with van der Waals surface area (Å²) in [5.41, 5.74) is 2.86. The van der Waals surface area contributed by atoms with Crippen molar-refractivity contribution in [2.75, 3.05) is 4.43 Å². The van der Waals surface area contributed by atoms with Gasteiger partial charge >= 0.3 is 0 Å². The number of carbonyl (C=O) groups is 1. The zero-order valence-electron chi connectivity index (χ0n) is 17.6. The lowest BCUT2D eigenvalue weighted by Gasteiger charge is -2.09. The van der Waals surface area contributed by atoms with Crippen molar-refractivity contribution in [1.29, 1.82) is 0 Å². The van der Waals surface area contributed by atoms with Crippen LogP contribution in [-0.2, 0) is 11.2 Å². The van der Waals surface area contributed by atoms with E-state index in [1.807, 2.05) is 6.92 Å². The van der Waals surface area contributed by atoms with E-state index in [-0.39, 0.29) is 5.78 Å². The fourth-order valence-corrected chi connectivity index (χ4v) is 3.02. The standard InChI is InChI=1S/C18H26.C4H8O.C2H5I/c1-15-8-6-11-17(14-15)10-4-3-5-12-18-13-7-9-16(18)2;1-3-4(2)5;1-2-3/h5-6,8,11-12,14,16,18H,3-4,7,9-10,13H2,1-2H3;3H2,1-2H3;2H2,1H3/b12-5+;;. The Morgan fingerprint density at radius 1 is 1.27 bits per heavy atom. The maximum Gasteiger partial charge on any atom is 0.129 e. The van der Waals surface area contributed by atoms with Crippen LogP contribution in [0.2, 0.25) is 0 Å². The molecular weight excluding hydrogens is 431 g/mol. The Hall–Kier alpha value is -0.640. The lowest BCUT2D eigenvalue weighted by Crippen LogP contribution is -1.98. The first-order valence-corrected chi connectivity index (χ1v) is 11.7. The molecule has 0 bridgehead atoms. The lowest BCUT2D eigenvalue weighted by molar-refractivity contribution is -0.116. The second-order valence-corrected chi connectivity index (χ2v) is 8.73. The van der Waals surface area contributed by atoms with Crippen LogP contribution in [0.15, 0.2) is 36.4 Å². The molecule has 0 amide bonds. The van der Waals surface area contributed by atoms with Crippen molar-refractivity contribution in [2.45, 2.75) is 79.6 Å². The van der Waals surface area contributed by atoms with E-state index >= 15 is 0 Å². The number of hydrogen-bond acceptors (Lipinski definition) is 1. The molecule has 0 heterocycles. The van der Waals surface area contributed by atoms with E-state index in [1.54, 1.807) is 6.92 Å². The molecular formula is C24H39IO. The third kappa shape index (κ3) is 13.5. The Balaban J connectivity index is 0.000000663. The molecule has 1 aliphatic rings. The molecule has 0 aromatic heterocycles. The first-order valence-electron chi connectivity index (χ1n) is 10.2. The summed E-state index contributed by atoms with van der Waals surface area (Å²) >= 11 is 2.29. The molecule has 2 heteroatoms. The van der Waals surface area contributed by atoms with Gasteiger partial charge < -0.3 is 4.79 Å². The number of halogens is 1. The van der Waals surface area contributed by atoms with Crippen LogP contribution >= 0.6 is 22.6 Å². The van der Waals surface area contributed by atoms with Crippen LogP contribution in [0.5, 0.6) is 0 Å². The van der Waals surface area contributed by atoms with Gasteiger partial charge in [0.1, 0.15) is 5.78 Å². The van der Waals surface area contributed by atoms with E-state index in [2.05, 4.69) is 79.8 Å². The molecule has 0 saturated heterocycles. The van der Waals surface area contributed by atoms with Crippen molar-refractivity contribution >= 4 is 28.4 Å². The summed E-state index contributed by atoms with van der Waals surface area (Å²) in [6.45, 7) is 10.1. The minimum Gasteiger partial charge on any atom is -0.300 e. The zero-order valence-corrected chi connectivity index (χ0v) is 19.7. The van der Waals surface area contributed by atoms with Crippen LogP contribution in [0, 0.1) is 18.8 Å². The summed E-state index contributed by atoms with van der Waals surface area (Å²) in [6.07, 6.45) is 13.6. The van der Waals surface area contributed by atoms with Crippen molar-refractivity contribution in [3.05, 3.63) is 47.5 Å². The molecule has 2 unspecified atom stereocenters. The van der Waals surface area contributed by atoms with Gasteiger partial charge in [-0.3, -0.25) is 0 Å². The smallest absolute Gasteiger partial charge is 0.129 e. The summed E-state index contributed by atoms with van der Waals surface area (Å²) in [7, 11) is 0. The summed E-state index contributed by atoms with van der Waals surface area (Å²) in [6, 6.07) is 8.89. The summed E-state index contributed by atoms with van der Waals surface area (Å²) in [5.74, 6) is 2.03. The SMILES string of the molecule is CCC(C)=O.CCI.Cc1cccc(CCC/C=C/C2CCCC2C)c1. The van der Waals surface area contributed by atoms with Crippen LogP contribution in [0.25, 0.3) is 0 Å². The van der Waals surface area contributed by atoms with E-state index < -0.39 is 0 Å². The molecule has 26 heavy (non-hydrogen) atoms. The van der Waals surface area contributed by atoms with E-state index in [4.69, 9.17) is 0 Å². The number of hydrogen-bond donors (Lipinski definition) is 0. The summed E-state index contributed by atoms with van der Waals surface area (Å²) in [5, 5.41) is 0. The highest BCUT2D eigenvalue weighted by molar-refractivity contribution is 14.1. The number of allylic oxidation sites excluding steroid dienone is 2. The number of aryl methyl sites for hydroxylation is 2. The topological polar surface area (TPSA) is 17.1 Å². The second kappa shape index (κ2) is 16.5. The van der Waals surface area contributed by atoms with Gasteiger partial charge in [0.05, 0.1) is 0 Å². The Morgan fingerprint density at radius 2 is 1.92 bits per heavy atom. The Morgan fingerprint density at radius 3 is 2.42 bits per heavy atom. The molecule has 1 saturated carbocycles. The predicted octanol–water partition coefficient (Wildman–Crippen LogP) is 7.74. The molecule has 0 radical (unpaired) electrons. The molecule has 1 aromatic carbocycles. The number of rotatable bonds is 6. The highest BCUT2D eigenvalue weighted by Gasteiger charge is 2.19. The first kappa shape index (κ1) is 25.4. The first-order chi connectivity index (χ1) is 12.4. The van der Waals surface area contributed by atoms with Crippen LogP contribution in [0.3, 0.4) is 0 Å². The molecule has 0 aliphatic heterocycles. The molecule has 0 spiro atoms. The lowest BCUT2D eigenvalue weighted by atomic mass is 9.97. The predicted molar refractivity (Wildman–Crippen MR) is 125 cm³/mol. The summed E-state index contributed by atoms with van der Waals surface area (Å²) < 4.78 is 1.22. The van der Waals surface area contributed by atoms with Gasteiger partial charge in [0.15, 0.2) is 0 Å². The molecule has 1 aromatic rings. The van der Waals surface area contributed by atoms with Crippen molar-refractivity contribution in [3.63, 3.8) is 0 Å². The monoisotopic (exact) mass is 470 g/mol. The summed E-state index contributed by atoms with van der Waals surface area (Å²) in [4.78, 5) is 9.81. The van der Waals surface area contributed by atoms with Gasteiger partial charge in [0, 0.05) is 6.42 Å². The molecule has 1 fully saturated rings. The molecule has 148 valence electrons. The number of ketones is 1. The Kier molecular flexibility index (Phi) is 16.1. The third-order valence-electron chi connectivity index (χ3n) is 4.73. The molecule has 1 nitrogen and oxygen atoms in total. The van der Waals surface area contributed by atoms with E-state index in [0.29, 0.717) is 6.42 Å². The van der Waals surface area contributed by atoms with Crippen LogP contribution in [0.4, 0.5) is 0 Å². The van der Waals surface area contributed by atoms with Crippen molar-refractivity contribution < 1.29 is 4.79 Å². The van der Waals surface area contributed by atoms with Gasteiger partial charge in [-0.2, -0.15) is 0 Å². The van der Waals surface area contributed by atoms with Crippen LogP contribution < -0.4 is 0 Å². The molecule has 2 atom stereocenters. The minimum absolute atomic E-state index is 0.255. The fourth-order valence-electron chi connectivity index (χ4n) is 3.02. The number of Topliss-reactive ketones (excluding diaryl/α,β-unsaturated/α-hetero) is 1. The quantitative estimate of drug-likeness (QED) is 0.180. The molecule has 2 rings (SSSR count). The zero-order chi connectivity index (χ0) is 19.8. The maximum absolute atomic E-state index is 9.81. The van der Waals surface area contributed by atoms with E-state index in [1.165, 1.54) is 54.1 Å². The number of carbonyl (C=O) groups excluding carboxylic acids is 1. The van der Waals surface area contributed by atoms with Crippen molar-refractivity contribution in [1.82, 2.24) is 0 Å². The van der Waals surface area contributed by atoms with Gasteiger partial charge in [-0.1, -0.05) is 98.2 Å². The van der Waals surface area contributed by atoms with Crippen LogP contribution in [0.1, 0.15) is 77.3 Å². The fraction of sp³-hybridized carbons (Fsp3) is 0.625. The number of benzene rings is 1. The number of unbranched alkanes of at least 4 members (excludes halogenated alkanes) is 1. The second-order valence-electron chi connectivity index (χ2n) is 7.20. The Labute approximate surface area is 176 Å². The van der Waals surface area contributed by atoms with Gasteiger partial charge in [-0.05, 0) is 61.4 Å². The minimum atomic E-state index is 0.255. The molecule has 1 aliphatic carbocycles. The van der Waals surface area contributed by atoms with Gasteiger partial charge in [0.25, 0.3) is 0 Å². The average molecular weight is 470 g/mol. The Bertz CT molecular complexity index is 507. The van der Waals surface area contributed by atoms with Crippen molar-refractivity contribution in [3.8, 4) is 0 Å². The van der Waals surface area contributed by atoms with E-state index in [0.717, 1.165) is 11.8 Å². The van der Waals surface area contributed by atoms with Crippen molar-refractivity contribution in [2.24, 2.45) is 11.8 Å². The molecule has 0 N–H and O–H groups in total. The van der Waals surface area contributed by atoms with E-state index in [9.17, 15) is 4.79 Å². The highest BCUT2D eigenvalue weighted by Crippen LogP contribution is 2.32. The normalized spacial score (nSPS) is 18.7.